The summed E-state index contributed by atoms with van der Waals surface area (Å²) in [6.07, 6.45) is 0. The fraction of sp³-hybridized carbons (Fsp3) is 0.0769. The molecular weight excluding hydrogens is 781 g/mol. The molecule has 0 aliphatic carbocycles. The number of fused-ring (bicyclic) bond motifs is 6. The zero-order valence-electron chi connectivity index (χ0n) is 31.7. The largest absolute Gasteiger partial charge is 0.455 e. The highest BCUT2D eigenvalue weighted by Crippen LogP contribution is 2.38. The second kappa shape index (κ2) is 16.6. The molecule has 8 aromatic carbocycles. The first kappa shape index (κ1) is 37.4. The van der Waals surface area contributed by atoms with Crippen molar-refractivity contribution in [2.45, 2.75) is 27.7 Å². The lowest BCUT2D eigenvalue weighted by Gasteiger charge is -2.08. The number of aromatic nitrogens is 1. The number of hydrogen-bond acceptors (Lipinski definition) is 1. The van der Waals surface area contributed by atoms with Gasteiger partial charge in [-0.05, 0) is 84.1 Å². The van der Waals surface area contributed by atoms with E-state index < -0.39 is 0 Å². The van der Waals surface area contributed by atoms with Gasteiger partial charge in [-0.25, -0.2) is 0 Å². The number of hydrogen-bond donors (Lipinski definition) is 0. The highest BCUT2D eigenvalue weighted by Gasteiger charge is 2.14. The Labute approximate surface area is 340 Å². The Balaban J connectivity index is 0.000000159. The molecule has 0 saturated heterocycles. The van der Waals surface area contributed by atoms with Crippen LogP contribution in [0.1, 0.15) is 25.0 Å². The number of benzene rings is 8. The topological polar surface area (TPSA) is 18.1 Å². The number of para-hydroxylation sites is 3. The average molecular weight is 826 g/mol. The number of nitrogens with zero attached hydrogens (tertiary/aromatic N) is 1. The van der Waals surface area contributed by atoms with Crippen LogP contribution in [0.3, 0.4) is 0 Å². The van der Waals surface area contributed by atoms with E-state index in [1.165, 1.54) is 66.4 Å². The Hall–Kier alpha value is -5.91. The molecule has 0 amide bonds. The molecular formula is C52H44INO. The van der Waals surface area contributed by atoms with Crippen LogP contribution in [0.15, 0.2) is 192 Å². The molecule has 0 bridgehead atoms. The molecule has 2 nitrogen and oxygen atoms in total. The third kappa shape index (κ3) is 7.45. The minimum Gasteiger partial charge on any atom is -0.455 e. The second-order valence-corrected chi connectivity index (χ2v) is 13.5. The van der Waals surface area contributed by atoms with E-state index in [0.717, 1.165) is 27.5 Å². The van der Waals surface area contributed by atoms with Crippen molar-refractivity contribution in [1.29, 1.82) is 0 Å². The normalized spacial score (nSPS) is 10.8. The van der Waals surface area contributed by atoms with Crippen LogP contribution in [-0.2, 0) is 0 Å². The first-order chi connectivity index (χ1) is 26.6. The quantitative estimate of drug-likeness (QED) is 0.162. The SMILES string of the molecule is CC.Cc1cccc(-c2ccc3c(c2)c2ccccc2n3-c2ccccc2)c1.Cc1cccc(-c2ccc3oc4c(-c5ccccc5)cccc4c3c2)c1.I. The molecule has 10 rings (SSSR count). The van der Waals surface area contributed by atoms with E-state index in [4.69, 9.17) is 4.42 Å². The standard InChI is InChI=1S/C25H19N.C25H18O.C2H6.HI/c1-18-8-7-9-19(16-18)20-14-15-25-23(17-20)22-12-5-6-13-24(22)26(25)21-10-3-2-4-11-21;1-17-7-5-10-19(15-17)20-13-14-24-23(16-20)22-12-6-11-21(25(22)26-24)18-8-3-2-4-9-18;1-2;/h2-17H,1H3;2-16H,1H3;1-2H3;1H. The van der Waals surface area contributed by atoms with Gasteiger partial charge in [-0.15, -0.1) is 24.0 Å². The van der Waals surface area contributed by atoms with Gasteiger partial charge in [0, 0.05) is 32.8 Å². The fourth-order valence-corrected chi connectivity index (χ4v) is 7.48. The van der Waals surface area contributed by atoms with Crippen LogP contribution < -0.4 is 0 Å². The summed E-state index contributed by atoms with van der Waals surface area (Å²) in [5.74, 6) is 0. The van der Waals surface area contributed by atoms with Gasteiger partial charge in [0.25, 0.3) is 0 Å². The van der Waals surface area contributed by atoms with E-state index in [0.29, 0.717) is 0 Å². The second-order valence-electron chi connectivity index (χ2n) is 13.5. The van der Waals surface area contributed by atoms with E-state index in [-0.39, 0.29) is 24.0 Å². The highest BCUT2D eigenvalue weighted by atomic mass is 127. The van der Waals surface area contributed by atoms with Crippen LogP contribution in [0.25, 0.3) is 82.8 Å². The van der Waals surface area contributed by atoms with Crippen molar-refractivity contribution in [2.75, 3.05) is 0 Å². The molecule has 0 spiro atoms. The number of rotatable bonds is 4. The molecule has 0 N–H and O–H groups in total. The molecule has 0 aliphatic rings. The van der Waals surface area contributed by atoms with Crippen LogP contribution >= 0.6 is 24.0 Å². The third-order valence-corrected chi connectivity index (χ3v) is 9.97. The van der Waals surface area contributed by atoms with Crippen LogP contribution in [-0.4, -0.2) is 4.57 Å². The summed E-state index contributed by atoms with van der Waals surface area (Å²) in [7, 11) is 0. The van der Waals surface area contributed by atoms with E-state index >= 15 is 0 Å². The molecule has 3 heteroatoms. The van der Waals surface area contributed by atoms with Crippen molar-refractivity contribution in [3.63, 3.8) is 0 Å². The van der Waals surface area contributed by atoms with Crippen molar-refractivity contribution in [2.24, 2.45) is 0 Å². The van der Waals surface area contributed by atoms with Crippen LogP contribution in [0.5, 0.6) is 0 Å². The van der Waals surface area contributed by atoms with Crippen molar-refractivity contribution < 1.29 is 4.42 Å². The van der Waals surface area contributed by atoms with Crippen molar-refractivity contribution in [3.05, 3.63) is 199 Å². The summed E-state index contributed by atoms with van der Waals surface area (Å²) in [6, 6.07) is 66.6. The molecule has 0 aliphatic heterocycles. The molecule has 2 aromatic heterocycles. The number of furan rings is 1. The first-order valence-corrected chi connectivity index (χ1v) is 18.8. The molecule has 55 heavy (non-hydrogen) atoms. The van der Waals surface area contributed by atoms with Crippen molar-refractivity contribution >= 4 is 67.7 Å². The lowest BCUT2D eigenvalue weighted by molar-refractivity contribution is 0.670. The number of halogens is 1. The van der Waals surface area contributed by atoms with Gasteiger partial charge in [-0.2, -0.15) is 0 Å². The van der Waals surface area contributed by atoms with Gasteiger partial charge in [0.2, 0.25) is 0 Å². The maximum atomic E-state index is 6.25. The Bertz CT molecular complexity index is 2860. The lowest BCUT2D eigenvalue weighted by Crippen LogP contribution is -1.92. The molecule has 270 valence electrons. The maximum Gasteiger partial charge on any atom is 0.143 e. The summed E-state index contributed by atoms with van der Waals surface area (Å²) >= 11 is 0. The summed E-state index contributed by atoms with van der Waals surface area (Å²) in [4.78, 5) is 0. The summed E-state index contributed by atoms with van der Waals surface area (Å²) in [5.41, 5.74) is 15.4. The Kier molecular flexibility index (Phi) is 11.3. The maximum absolute atomic E-state index is 6.25. The minimum absolute atomic E-state index is 0. The summed E-state index contributed by atoms with van der Waals surface area (Å²) in [5, 5.41) is 4.91. The fourth-order valence-electron chi connectivity index (χ4n) is 7.48. The van der Waals surface area contributed by atoms with Gasteiger partial charge < -0.3 is 8.98 Å². The van der Waals surface area contributed by atoms with Gasteiger partial charge in [0.1, 0.15) is 11.2 Å². The van der Waals surface area contributed by atoms with Gasteiger partial charge in [-0.3, -0.25) is 0 Å². The molecule has 0 saturated carbocycles. The Morgan fingerprint density at radius 3 is 1.56 bits per heavy atom. The summed E-state index contributed by atoms with van der Waals surface area (Å²) < 4.78 is 8.60. The van der Waals surface area contributed by atoms with Gasteiger partial charge in [-0.1, -0.05) is 171 Å². The predicted molar refractivity (Wildman–Crippen MR) is 247 cm³/mol. The van der Waals surface area contributed by atoms with Crippen molar-refractivity contribution in [1.82, 2.24) is 4.57 Å². The van der Waals surface area contributed by atoms with Crippen LogP contribution in [0.4, 0.5) is 0 Å². The van der Waals surface area contributed by atoms with Crippen molar-refractivity contribution in [3.8, 4) is 39.1 Å². The molecule has 0 fully saturated rings. The molecule has 2 heterocycles. The predicted octanol–water partition coefficient (Wildman–Crippen LogP) is 15.6. The van der Waals surface area contributed by atoms with Gasteiger partial charge in [0.15, 0.2) is 0 Å². The molecule has 0 radical (unpaired) electrons. The zero-order chi connectivity index (χ0) is 37.0. The van der Waals surface area contributed by atoms with E-state index in [1.54, 1.807) is 0 Å². The van der Waals surface area contributed by atoms with Gasteiger partial charge in [0.05, 0.1) is 11.0 Å². The lowest BCUT2D eigenvalue weighted by atomic mass is 9.99. The smallest absolute Gasteiger partial charge is 0.143 e. The molecule has 0 unspecified atom stereocenters. The van der Waals surface area contributed by atoms with Crippen LogP contribution in [0, 0.1) is 13.8 Å². The molecule has 0 atom stereocenters. The number of aryl methyl sites for hydroxylation is 2. The monoisotopic (exact) mass is 825 g/mol. The zero-order valence-corrected chi connectivity index (χ0v) is 34.0. The average Bonchev–Trinajstić information content (AvgIpc) is 3.78. The minimum atomic E-state index is 0. The Morgan fingerprint density at radius 1 is 0.382 bits per heavy atom. The van der Waals surface area contributed by atoms with Gasteiger partial charge >= 0.3 is 0 Å². The van der Waals surface area contributed by atoms with E-state index in [2.05, 4.69) is 200 Å². The van der Waals surface area contributed by atoms with E-state index in [9.17, 15) is 0 Å². The Morgan fingerprint density at radius 2 is 0.891 bits per heavy atom. The van der Waals surface area contributed by atoms with E-state index in [1.807, 2.05) is 19.9 Å². The third-order valence-electron chi connectivity index (χ3n) is 9.97. The summed E-state index contributed by atoms with van der Waals surface area (Å²) in [6.45, 7) is 8.27. The van der Waals surface area contributed by atoms with Crippen LogP contribution in [0.2, 0.25) is 0 Å². The first-order valence-electron chi connectivity index (χ1n) is 18.8. The molecule has 10 aromatic rings. The highest BCUT2D eigenvalue weighted by molar-refractivity contribution is 14.0.